The zero-order valence-corrected chi connectivity index (χ0v) is 10.3. The summed E-state index contributed by atoms with van der Waals surface area (Å²) in [6.45, 7) is 5.47. The predicted octanol–water partition coefficient (Wildman–Crippen LogP) is 1.44. The molecule has 0 unspecified atom stereocenters. The van der Waals surface area contributed by atoms with Gasteiger partial charge in [0.25, 0.3) is 0 Å². The molecular weight excluding hydrogens is 204 g/mol. The number of carbonyl (C=O) groups is 1. The molecule has 0 aromatic heterocycles. The van der Waals surface area contributed by atoms with E-state index in [2.05, 4.69) is 10.2 Å². The predicted molar refractivity (Wildman–Crippen MR) is 61.8 cm³/mol. The summed E-state index contributed by atoms with van der Waals surface area (Å²) < 4.78 is 0. The highest BCUT2D eigenvalue weighted by molar-refractivity contribution is 6.32. The molecule has 0 saturated carbocycles. The van der Waals surface area contributed by atoms with Crippen molar-refractivity contribution in [2.75, 3.05) is 0 Å². The third-order valence-corrected chi connectivity index (χ3v) is 2.73. The minimum Gasteiger partial charge on any atom is -0.508 e. The SMILES string of the molecule is CC(=O)CC(C)(C)c1cc([Si])ccc1O. The average molecular weight is 219 g/mol. The van der Waals surface area contributed by atoms with Crippen LogP contribution < -0.4 is 5.19 Å². The third-order valence-electron chi connectivity index (χ3n) is 2.42. The maximum atomic E-state index is 11.1. The Morgan fingerprint density at radius 3 is 2.60 bits per heavy atom. The molecule has 15 heavy (non-hydrogen) atoms. The van der Waals surface area contributed by atoms with Crippen molar-refractivity contribution in [3.05, 3.63) is 23.8 Å². The monoisotopic (exact) mass is 219 g/mol. The minimum absolute atomic E-state index is 0.124. The Balaban J connectivity index is 3.13. The molecule has 0 saturated heterocycles. The van der Waals surface area contributed by atoms with Gasteiger partial charge in [0.2, 0.25) is 0 Å². The Morgan fingerprint density at radius 2 is 2.07 bits per heavy atom. The van der Waals surface area contributed by atoms with Crippen molar-refractivity contribution in [1.29, 1.82) is 0 Å². The zero-order valence-electron chi connectivity index (χ0n) is 9.29. The van der Waals surface area contributed by atoms with Gasteiger partial charge in [-0.3, -0.25) is 4.79 Å². The van der Waals surface area contributed by atoms with Crippen molar-refractivity contribution >= 4 is 21.2 Å². The molecule has 0 fully saturated rings. The van der Waals surface area contributed by atoms with E-state index in [1.165, 1.54) is 0 Å². The summed E-state index contributed by atoms with van der Waals surface area (Å²) >= 11 is 0. The van der Waals surface area contributed by atoms with Gasteiger partial charge in [-0.15, -0.1) is 0 Å². The molecule has 0 aliphatic rings. The van der Waals surface area contributed by atoms with Gasteiger partial charge < -0.3 is 5.11 Å². The molecule has 2 nitrogen and oxygen atoms in total. The van der Waals surface area contributed by atoms with Gasteiger partial charge in [-0.2, -0.15) is 0 Å². The standard InChI is InChI=1S/C12H15O2Si/c1-8(13)7-12(2,3)10-6-9(15)4-5-11(10)14/h4-6,14H,7H2,1-3H3. The molecular formula is C12H15O2Si. The molecule has 79 valence electrons. The van der Waals surface area contributed by atoms with Crippen LogP contribution in [0.5, 0.6) is 5.75 Å². The zero-order chi connectivity index (χ0) is 11.6. The van der Waals surface area contributed by atoms with Gasteiger partial charge in [0, 0.05) is 11.8 Å². The Kier molecular flexibility index (Phi) is 3.34. The second-order valence-electron chi connectivity index (χ2n) is 4.49. The topological polar surface area (TPSA) is 37.3 Å². The Morgan fingerprint density at radius 1 is 1.47 bits per heavy atom. The fourth-order valence-corrected chi connectivity index (χ4v) is 2.02. The van der Waals surface area contributed by atoms with Crippen molar-refractivity contribution in [3.8, 4) is 5.75 Å². The van der Waals surface area contributed by atoms with Crippen LogP contribution >= 0.6 is 0 Å². The van der Waals surface area contributed by atoms with Gasteiger partial charge in [-0.25, -0.2) is 0 Å². The van der Waals surface area contributed by atoms with E-state index >= 15 is 0 Å². The second-order valence-corrected chi connectivity index (χ2v) is 5.07. The van der Waals surface area contributed by atoms with E-state index in [0.717, 1.165) is 10.8 Å². The molecule has 0 aliphatic carbocycles. The first-order valence-corrected chi connectivity index (χ1v) is 5.37. The first kappa shape index (κ1) is 12.0. The number of ketones is 1. The van der Waals surface area contributed by atoms with E-state index in [-0.39, 0.29) is 16.9 Å². The van der Waals surface area contributed by atoms with E-state index in [9.17, 15) is 9.90 Å². The fraction of sp³-hybridized carbons (Fsp3) is 0.417. The van der Waals surface area contributed by atoms with Crippen molar-refractivity contribution in [3.63, 3.8) is 0 Å². The second kappa shape index (κ2) is 4.19. The summed E-state index contributed by atoms with van der Waals surface area (Å²) in [4.78, 5) is 11.1. The lowest BCUT2D eigenvalue weighted by atomic mass is 9.80. The van der Waals surface area contributed by atoms with E-state index in [4.69, 9.17) is 0 Å². The van der Waals surface area contributed by atoms with E-state index in [0.29, 0.717) is 6.42 Å². The summed E-state index contributed by atoms with van der Waals surface area (Å²) in [7, 11) is 3.41. The molecule has 0 heterocycles. The van der Waals surface area contributed by atoms with E-state index < -0.39 is 0 Å². The summed E-state index contributed by atoms with van der Waals surface area (Å²) in [5.41, 5.74) is 0.462. The normalized spacial score (nSPS) is 11.5. The van der Waals surface area contributed by atoms with Gasteiger partial charge in [0.15, 0.2) is 0 Å². The lowest BCUT2D eigenvalue weighted by molar-refractivity contribution is -0.118. The number of hydrogen-bond donors (Lipinski definition) is 1. The fourth-order valence-electron chi connectivity index (χ4n) is 1.80. The lowest BCUT2D eigenvalue weighted by Crippen LogP contribution is -2.22. The summed E-state index contributed by atoms with van der Waals surface area (Å²) in [5, 5.41) is 10.7. The molecule has 1 aromatic carbocycles. The maximum Gasteiger partial charge on any atom is 0.130 e. The highest BCUT2D eigenvalue weighted by Gasteiger charge is 2.25. The third kappa shape index (κ3) is 2.93. The van der Waals surface area contributed by atoms with Crippen molar-refractivity contribution < 1.29 is 9.90 Å². The Hall–Kier alpha value is -1.09. The van der Waals surface area contributed by atoms with Crippen LogP contribution in [-0.2, 0) is 10.2 Å². The number of benzene rings is 1. The van der Waals surface area contributed by atoms with Gasteiger partial charge in [0.1, 0.15) is 11.5 Å². The quantitative estimate of drug-likeness (QED) is 0.781. The molecule has 3 heteroatoms. The minimum atomic E-state index is -0.335. The molecule has 1 aromatic rings. The Bertz CT molecular complexity index is 383. The molecule has 0 atom stereocenters. The molecule has 0 aliphatic heterocycles. The largest absolute Gasteiger partial charge is 0.508 e. The van der Waals surface area contributed by atoms with Gasteiger partial charge in [0.05, 0.1) is 10.2 Å². The van der Waals surface area contributed by atoms with Gasteiger partial charge in [-0.1, -0.05) is 31.2 Å². The average Bonchev–Trinajstić information content (AvgIpc) is 2.06. The van der Waals surface area contributed by atoms with Crippen LogP contribution in [0, 0.1) is 0 Å². The molecule has 1 N–H and O–H groups in total. The molecule has 1 rings (SSSR count). The number of rotatable bonds is 3. The molecule has 0 bridgehead atoms. The van der Waals surface area contributed by atoms with E-state index in [1.54, 1.807) is 19.1 Å². The molecule has 0 amide bonds. The summed E-state index contributed by atoms with van der Waals surface area (Å²) in [5.74, 6) is 0.363. The number of Topliss-reactive ketones (excluding diaryl/α,β-unsaturated/α-hetero) is 1. The number of phenols is 1. The van der Waals surface area contributed by atoms with Crippen LogP contribution in [0.25, 0.3) is 0 Å². The lowest BCUT2D eigenvalue weighted by Gasteiger charge is -2.25. The van der Waals surface area contributed by atoms with Gasteiger partial charge >= 0.3 is 0 Å². The van der Waals surface area contributed by atoms with Crippen LogP contribution in [0.4, 0.5) is 0 Å². The first-order valence-electron chi connectivity index (χ1n) is 4.87. The summed E-state index contributed by atoms with van der Waals surface area (Å²) in [6, 6.07) is 5.27. The van der Waals surface area contributed by atoms with Crippen molar-refractivity contribution in [2.45, 2.75) is 32.6 Å². The highest BCUT2D eigenvalue weighted by atomic mass is 28.1. The van der Waals surface area contributed by atoms with Gasteiger partial charge in [-0.05, 0) is 18.6 Å². The number of hydrogen-bond acceptors (Lipinski definition) is 2. The molecule has 0 spiro atoms. The molecule has 3 radical (unpaired) electrons. The van der Waals surface area contributed by atoms with Crippen LogP contribution in [-0.4, -0.2) is 21.1 Å². The Labute approximate surface area is 93.7 Å². The van der Waals surface area contributed by atoms with E-state index in [1.807, 2.05) is 19.9 Å². The van der Waals surface area contributed by atoms with Crippen LogP contribution in [0.2, 0.25) is 0 Å². The number of carbonyl (C=O) groups excluding carboxylic acids is 1. The first-order chi connectivity index (χ1) is 6.83. The van der Waals surface area contributed by atoms with Crippen LogP contribution in [0.3, 0.4) is 0 Å². The van der Waals surface area contributed by atoms with Crippen molar-refractivity contribution in [1.82, 2.24) is 0 Å². The number of aromatic hydroxyl groups is 1. The van der Waals surface area contributed by atoms with Crippen LogP contribution in [0.1, 0.15) is 32.8 Å². The highest BCUT2D eigenvalue weighted by Crippen LogP contribution is 2.32. The van der Waals surface area contributed by atoms with Crippen molar-refractivity contribution in [2.24, 2.45) is 0 Å². The number of phenolic OH excluding ortho intramolecular Hbond substituents is 1. The maximum absolute atomic E-state index is 11.1. The van der Waals surface area contributed by atoms with Crippen LogP contribution in [0.15, 0.2) is 18.2 Å². The summed E-state index contributed by atoms with van der Waals surface area (Å²) in [6.07, 6.45) is 0.427. The smallest absolute Gasteiger partial charge is 0.130 e.